The topological polar surface area (TPSA) is 100 Å². The van der Waals surface area contributed by atoms with Crippen molar-refractivity contribution >= 4 is 27.4 Å². The predicted molar refractivity (Wildman–Crippen MR) is 109 cm³/mol. The molecule has 2 amide bonds. The van der Waals surface area contributed by atoms with Crippen LogP contribution in [-0.4, -0.2) is 19.4 Å². The van der Waals surface area contributed by atoms with Gasteiger partial charge in [0.25, 0.3) is 10.0 Å². The van der Waals surface area contributed by atoms with Gasteiger partial charge in [0, 0.05) is 30.3 Å². The van der Waals surface area contributed by atoms with Crippen LogP contribution in [0.2, 0.25) is 0 Å². The first-order valence-corrected chi connectivity index (χ1v) is 10.0. The summed E-state index contributed by atoms with van der Waals surface area (Å²) in [5.74, 6) is 0. The number of aromatic nitrogens is 1. The quantitative estimate of drug-likeness (QED) is 0.593. The average Bonchev–Trinajstić information content (AvgIpc) is 2.69. The third-order valence-corrected chi connectivity index (χ3v) is 5.30. The molecule has 0 aliphatic carbocycles. The molecular formula is C20H20N4O3S. The Balaban J connectivity index is 1.57. The molecule has 8 heteroatoms. The Labute approximate surface area is 163 Å². The molecule has 2 aromatic carbocycles. The molecule has 0 unspecified atom stereocenters. The van der Waals surface area contributed by atoms with Crippen LogP contribution >= 0.6 is 0 Å². The number of rotatable bonds is 6. The fraction of sp³-hybridized carbons (Fsp3) is 0.100. The van der Waals surface area contributed by atoms with Gasteiger partial charge in [-0.25, -0.2) is 13.2 Å². The summed E-state index contributed by atoms with van der Waals surface area (Å²) in [6, 6.07) is 16.3. The van der Waals surface area contributed by atoms with Gasteiger partial charge in [0.2, 0.25) is 0 Å². The lowest BCUT2D eigenvalue weighted by Crippen LogP contribution is -2.28. The zero-order valence-electron chi connectivity index (χ0n) is 15.2. The molecule has 7 nitrogen and oxygen atoms in total. The van der Waals surface area contributed by atoms with E-state index in [9.17, 15) is 13.2 Å². The monoisotopic (exact) mass is 396 g/mol. The van der Waals surface area contributed by atoms with Crippen LogP contribution in [0.1, 0.15) is 11.1 Å². The Morgan fingerprint density at radius 1 is 0.964 bits per heavy atom. The summed E-state index contributed by atoms with van der Waals surface area (Å²) >= 11 is 0. The fourth-order valence-corrected chi connectivity index (χ4v) is 3.47. The van der Waals surface area contributed by atoms with Crippen LogP contribution in [0.3, 0.4) is 0 Å². The second-order valence-corrected chi connectivity index (χ2v) is 7.85. The SMILES string of the molecule is Cc1ccc(S(=O)(=O)Nc2ccc(NC(=O)NCc3cccnc3)cc2)cc1. The van der Waals surface area contributed by atoms with Crippen LogP contribution in [0.5, 0.6) is 0 Å². The molecule has 3 aromatic rings. The van der Waals surface area contributed by atoms with Crippen LogP contribution in [0.15, 0.2) is 78.0 Å². The predicted octanol–water partition coefficient (Wildman–Crippen LogP) is 3.51. The molecule has 3 rings (SSSR count). The van der Waals surface area contributed by atoms with E-state index in [-0.39, 0.29) is 10.9 Å². The summed E-state index contributed by atoms with van der Waals surface area (Å²) < 4.78 is 27.3. The van der Waals surface area contributed by atoms with Crippen molar-refractivity contribution in [2.24, 2.45) is 0 Å². The van der Waals surface area contributed by atoms with E-state index in [4.69, 9.17) is 0 Å². The summed E-state index contributed by atoms with van der Waals surface area (Å²) in [6.45, 7) is 2.25. The number of anilines is 2. The van der Waals surface area contributed by atoms with E-state index in [1.807, 2.05) is 13.0 Å². The van der Waals surface area contributed by atoms with E-state index in [1.54, 1.807) is 67.0 Å². The lowest BCUT2D eigenvalue weighted by Gasteiger charge is -2.10. The van der Waals surface area contributed by atoms with Gasteiger partial charge in [0.1, 0.15) is 0 Å². The zero-order valence-corrected chi connectivity index (χ0v) is 16.0. The normalized spacial score (nSPS) is 10.9. The molecule has 0 aliphatic rings. The first kappa shape index (κ1) is 19.4. The van der Waals surface area contributed by atoms with Crippen molar-refractivity contribution in [3.8, 4) is 0 Å². The second kappa shape index (κ2) is 8.53. The maximum atomic E-state index is 12.4. The van der Waals surface area contributed by atoms with Gasteiger partial charge in [-0.3, -0.25) is 9.71 Å². The number of amides is 2. The first-order valence-electron chi connectivity index (χ1n) is 8.56. The Kier molecular flexibility index (Phi) is 5.90. The molecule has 0 fully saturated rings. The minimum Gasteiger partial charge on any atom is -0.334 e. The molecule has 0 bridgehead atoms. The molecule has 0 atom stereocenters. The second-order valence-electron chi connectivity index (χ2n) is 6.16. The highest BCUT2D eigenvalue weighted by molar-refractivity contribution is 7.92. The molecular weight excluding hydrogens is 376 g/mol. The number of hydrogen-bond acceptors (Lipinski definition) is 4. The number of sulfonamides is 1. The number of carbonyl (C=O) groups excluding carboxylic acids is 1. The van der Waals surface area contributed by atoms with Gasteiger partial charge in [-0.2, -0.15) is 0 Å². The maximum absolute atomic E-state index is 12.4. The van der Waals surface area contributed by atoms with Crippen LogP contribution in [-0.2, 0) is 16.6 Å². The molecule has 1 heterocycles. The van der Waals surface area contributed by atoms with E-state index >= 15 is 0 Å². The highest BCUT2D eigenvalue weighted by atomic mass is 32.2. The number of nitrogens with one attached hydrogen (secondary N) is 3. The third kappa shape index (κ3) is 5.31. The molecule has 0 saturated carbocycles. The highest BCUT2D eigenvalue weighted by Crippen LogP contribution is 2.18. The number of carbonyl (C=O) groups is 1. The van der Waals surface area contributed by atoms with Crippen molar-refractivity contribution in [2.75, 3.05) is 10.0 Å². The molecule has 28 heavy (non-hydrogen) atoms. The highest BCUT2D eigenvalue weighted by Gasteiger charge is 2.13. The lowest BCUT2D eigenvalue weighted by molar-refractivity contribution is 0.251. The van der Waals surface area contributed by atoms with Crippen molar-refractivity contribution < 1.29 is 13.2 Å². The van der Waals surface area contributed by atoms with Crippen molar-refractivity contribution in [1.82, 2.24) is 10.3 Å². The first-order chi connectivity index (χ1) is 13.4. The molecule has 144 valence electrons. The largest absolute Gasteiger partial charge is 0.334 e. The van der Waals surface area contributed by atoms with Crippen LogP contribution in [0, 0.1) is 6.92 Å². The van der Waals surface area contributed by atoms with Crippen molar-refractivity contribution in [3.63, 3.8) is 0 Å². The van der Waals surface area contributed by atoms with Crippen LogP contribution in [0.25, 0.3) is 0 Å². The van der Waals surface area contributed by atoms with Gasteiger partial charge in [-0.05, 0) is 55.0 Å². The Hall–Kier alpha value is -3.39. The fourth-order valence-electron chi connectivity index (χ4n) is 2.41. The number of pyridine rings is 1. The Bertz CT molecular complexity index is 1040. The van der Waals surface area contributed by atoms with E-state index in [0.29, 0.717) is 17.9 Å². The van der Waals surface area contributed by atoms with Crippen molar-refractivity contribution in [2.45, 2.75) is 18.4 Å². The minimum atomic E-state index is -3.66. The summed E-state index contributed by atoms with van der Waals surface area (Å²) in [5, 5.41) is 5.42. The third-order valence-electron chi connectivity index (χ3n) is 3.90. The smallest absolute Gasteiger partial charge is 0.319 e. The van der Waals surface area contributed by atoms with Crippen LogP contribution in [0.4, 0.5) is 16.2 Å². The number of hydrogen-bond donors (Lipinski definition) is 3. The Morgan fingerprint density at radius 2 is 1.64 bits per heavy atom. The molecule has 0 spiro atoms. The standard InChI is InChI=1S/C20H20N4O3S/c1-15-4-10-19(11-5-15)28(26,27)24-18-8-6-17(7-9-18)23-20(25)22-14-16-3-2-12-21-13-16/h2-13,24H,14H2,1H3,(H2,22,23,25). The van der Waals surface area contributed by atoms with E-state index in [0.717, 1.165) is 11.1 Å². The van der Waals surface area contributed by atoms with Crippen LogP contribution < -0.4 is 15.4 Å². The number of nitrogens with zero attached hydrogens (tertiary/aromatic N) is 1. The van der Waals surface area contributed by atoms with E-state index in [2.05, 4.69) is 20.3 Å². The van der Waals surface area contributed by atoms with Crippen molar-refractivity contribution in [3.05, 3.63) is 84.2 Å². The summed E-state index contributed by atoms with van der Waals surface area (Å²) in [7, 11) is -3.66. The zero-order chi connectivity index (χ0) is 20.0. The van der Waals surface area contributed by atoms with Gasteiger partial charge in [0.05, 0.1) is 4.90 Å². The minimum absolute atomic E-state index is 0.190. The number of benzene rings is 2. The molecule has 0 aliphatic heterocycles. The summed E-state index contributed by atoms with van der Waals surface area (Å²) in [5.41, 5.74) is 2.82. The maximum Gasteiger partial charge on any atom is 0.319 e. The lowest BCUT2D eigenvalue weighted by atomic mass is 10.2. The summed E-state index contributed by atoms with van der Waals surface area (Å²) in [4.78, 5) is 16.1. The average molecular weight is 396 g/mol. The van der Waals surface area contributed by atoms with Gasteiger partial charge in [0.15, 0.2) is 0 Å². The van der Waals surface area contributed by atoms with Gasteiger partial charge in [-0.15, -0.1) is 0 Å². The molecule has 0 radical (unpaired) electrons. The molecule has 1 aromatic heterocycles. The molecule has 0 saturated heterocycles. The number of urea groups is 1. The van der Waals surface area contributed by atoms with Gasteiger partial charge >= 0.3 is 6.03 Å². The number of aryl methyl sites for hydroxylation is 1. The molecule has 3 N–H and O–H groups in total. The van der Waals surface area contributed by atoms with Gasteiger partial charge in [-0.1, -0.05) is 23.8 Å². The summed E-state index contributed by atoms with van der Waals surface area (Å²) in [6.07, 6.45) is 3.34. The van der Waals surface area contributed by atoms with Gasteiger partial charge < -0.3 is 10.6 Å². The van der Waals surface area contributed by atoms with E-state index in [1.165, 1.54) is 0 Å². The Morgan fingerprint density at radius 3 is 2.29 bits per heavy atom. The van der Waals surface area contributed by atoms with Crippen molar-refractivity contribution in [1.29, 1.82) is 0 Å². The van der Waals surface area contributed by atoms with E-state index < -0.39 is 10.0 Å².